The van der Waals surface area contributed by atoms with E-state index in [0.29, 0.717) is 32.6 Å². The molecule has 0 aliphatic carbocycles. The van der Waals surface area contributed by atoms with Gasteiger partial charge in [-0.3, -0.25) is 9.69 Å². The molecule has 1 fully saturated rings. The van der Waals surface area contributed by atoms with Crippen LogP contribution in [0.5, 0.6) is 11.5 Å². The Bertz CT molecular complexity index is 979. The predicted octanol–water partition coefficient (Wildman–Crippen LogP) is 3.53. The minimum absolute atomic E-state index is 0.124. The fraction of sp³-hybridized carbons (Fsp3) is 0.462. The number of nitrogens with zero attached hydrogens (tertiary/aromatic N) is 3. The molecular weight excluding hydrogens is 434 g/mol. The summed E-state index contributed by atoms with van der Waals surface area (Å²) in [5, 5.41) is 9.61. The van der Waals surface area contributed by atoms with Crippen molar-refractivity contribution in [1.29, 1.82) is 0 Å². The number of aromatic hydroxyl groups is 1. The zero-order valence-electron chi connectivity index (χ0n) is 20.7. The van der Waals surface area contributed by atoms with Crippen molar-refractivity contribution in [2.75, 3.05) is 45.2 Å². The number of rotatable bonds is 6. The molecule has 2 aromatic carbocycles. The van der Waals surface area contributed by atoms with Crippen LogP contribution in [0, 0.1) is 0 Å². The first-order valence-corrected chi connectivity index (χ1v) is 11.5. The van der Waals surface area contributed by atoms with Gasteiger partial charge in [0.2, 0.25) is 5.91 Å². The fourth-order valence-corrected chi connectivity index (χ4v) is 3.98. The highest BCUT2D eigenvalue weighted by Crippen LogP contribution is 2.28. The molecule has 2 aromatic rings. The zero-order chi connectivity index (χ0) is 24.9. The van der Waals surface area contributed by atoms with Crippen LogP contribution in [0.15, 0.2) is 48.5 Å². The number of likely N-dealkylation sites (N-methyl/N-ethyl adjacent to an activating group) is 1. The zero-order valence-corrected chi connectivity index (χ0v) is 20.7. The van der Waals surface area contributed by atoms with Gasteiger partial charge in [0.05, 0.1) is 12.8 Å². The number of carbonyl (C=O) groups is 2. The summed E-state index contributed by atoms with van der Waals surface area (Å²) in [6.07, 6.45) is -0.223. The number of phenols is 1. The monoisotopic (exact) mass is 469 g/mol. The third-order valence-electron chi connectivity index (χ3n) is 5.82. The molecule has 1 aliphatic heterocycles. The Labute approximate surface area is 201 Å². The second-order valence-corrected chi connectivity index (χ2v) is 9.46. The molecule has 0 aromatic heterocycles. The highest BCUT2D eigenvalue weighted by molar-refractivity contribution is 5.86. The van der Waals surface area contributed by atoms with E-state index < -0.39 is 17.7 Å². The van der Waals surface area contributed by atoms with Gasteiger partial charge >= 0.3 is 6.09 Å². The minimum atomic E-state index is -0.725. The summed E-state index contributed by atoms with van der Waals surface area (Å²) in [5.41, 5.74) is 1.18. The molecule has 0 saturated carbocycles. The standard InChI is InChI=1S/C26H35N3O5/c1-26(2,3)34-25(32)27(4)22(18-19-10-12-20(30)13-11-19)24(31)29-16-14-28(15-17-29)21-8-6-7-9-23(21)33-5/h6-13,22,30H,14-18H2,1-5H3/t22-/m0/s1. The molecule has 0 unspecified atom stereocenters. The van der Waals surface area contributed by atoms with Crippen LogP contribution >= 0.6 is 0 Å². The van der Waals surface area contributed by atoms with E-state index in [2.05, 4.69) is 4.90 Å². The largest absolute Gasteiger partial charge is 0.508 e. The third-order valence-corrected chi connectivity index (χ3v) is 5.82. The third kappa shape index (κ3) is 6.34. The number of anilines is 1. The summed E-state index contributed by atoms with van der Waals surface area (Å²) in [7, 11) is 3.25. The predicted molar refractivity (Wildman–Crippen MR) is 131 cm³/mol. The van der Waals surface area contributed by atoms with Gasteiger partial charge in [-0.2, -0.15) is 0 Å². The lowest BCUT2D eigenvalue weighted by atomic mass is 10.0. The quantitative estimate of drug-likeness (QED) is 0.697. The minimum Gasteiger partial charge on any atom is -0.508 e. The molecule has 8 heteroatoms. The summed E-state index contributed by atoms with van der Waals surface area (Å²) < 4.78 is 11.0. The first-order valence-electron chi connectivity index (χ1n) is 11.5. The number of carbonyl (C=O) groups excluding carboxylic acids is 2. The average molecular weight is 470 g/mol. The molecule has 0 radical (unpaired) electrons. The normalized spacial score (nSPS) is 15.0. The summed E-state index contributed by atoms with van der Waals surface area (Å²) in [6, 6.07) is 13.8. The van der Waals surface area contributed by atoms with Gasteiger partial charge in [0.25, 0.3) is 0 Å². The highest BCUT2D eigenvalue weighted by Gasteiger charge is 2.34. The van der Waals surface area contributed by atoms with E-state index in [0.717, 1.165) is 17.0 Å². The van der Waals surface area contributed by atoms with E-state index in [4.69, 9.17) is 9.47 Å². The van der Waals surface area contributed by atoms with Crippen LogP contribution in [0.4, 0.5) is 10.5 Å². The molecule has 184 valence electrons. The lowest BCUT2D eigenvalue weighted by Gasteiger charge is -2.39. The first kappa shape index (κ1) is 25.2. The molecule has 1 aliphatic rings. The summed E-state index contributed by atoms with van der Waals surface area (Å²) in [5.74, 6) is 0.831. The van der Waals surface area contributed by atoms with Crippen LogP contribution in [0.2, 0.25) is 0 Å². The van der Waals surface area contributed by atoms with Crippen molar-refractivity contribution >= 4 is 17.7 Å². The Morgan fingerprint density at radius 1 is 1.03 bits per heavy atom. The molecule has 0 bridgehead atoms. The number of amides is 2. The lowest BCUT2D eigenvalue weighted by Crippen LogP contribution is -2.56. The van der Waals surface area contributed by atoms with Crippen molar-refractivity contribution in [2.24, 2.45) is 0 Å². The molecule has 1 N–H and O–H groups in total. The van der Waals surface area contributed by atoms with E-state index in [-0.39, 0.29) is 11.7 Å². The van der Waals surface area contributed by atoms with E-state index >= 15 is 0 Å². The van der Waals surface area contributed by atoms with Gasteiger partial charge in [-0.25, -0.2) is 4.79 Å². The highest BCUT2D eigenvalue weighted by atomic mass is 16.6. The van der Waals surface area contributed by atoms with Gasteiger partial charge < -0.3 is 24.4 Å². The van der Waals surface area contributed by atoms with Gasteiger partial charge in [0.1, 0.15) is 23.1 Å². The fourth-order valence-electron chi connectivity index (χ4n) is 3.98. The van der Waals surface area contributed by atoms with Crippen LogP contribution in [0.1, 0.15) is 26.3 Å². The Morgan fingerprint density at radius 3 is 2.24 bits per heavy atom. The van der Waals surface area contributed by atoms with Gasteiger partial charge in [-0.1, -0.05) is 24.3 Å². The maximum absolute atomic E-state index is 13.6. The molecule has 1 atom stereocenters. The summed E-state index contributed by atoms with van der Waals surface area (Å²) in [6.45, 7) is 7.78. The molecule has 1 saturated heterocycles. The molecule has 1 heterocycles. The van der Waals surface area contributed by atoms with Crippen molar-refractivity contribution < 1.29 is 24.2 Å². The number of benzene rings is 2. The Morgan fingerprint density at radius 2 is 1.65 bits per heavy atom. The van der Waals surface area contributed by atoms with Crippen LogP contribution in [0.3, 0.4) is 0 Å². The van der Waals surface area contributed by atoms with E-state index in [1.165, 1.54) is 4.90 Å². The van der Waals surface area contributed by atoms with Crippen LogP contribution in [-0.2, 0) is 16.0 Å². The van der Waals surface area contributed by atoms with Gasteiger partial charge in [0.15, 0.2) is 0 Å². The number of hydrogen-bond acceptors (Lipinski definition) is 6. The summed E-state index contributed by atoms with van der Waals surface area (Å²) >= 11 is 0. The van der Waals surface area contributed by atoms with Crippen molar-refractivity contribution in [1.82, 2.24) is 9.80 Å². The molecule has 2 amide bonds. The Kier molecular flexibility index (Phi) is 7.91. The number of para-hydroxylation sites is 2. The smallest absolute Gasteiger partial charge is 0.410 e. The molecule has 0 spiro atoms. The van der Waals surface area contributed by atoms with Crippen LogP contribution in [-0.4, -0.2) is 78.9 Å². The number of ether oxygens (including phenoxy) is 2. The topological polar surface area (TPSA) is 82.6 Å². The van der Waals surface area contributed by atoms with E-state index in [9.17, 15) is 14.7 Å². The van der Waals surface area contributed by atoms with E-state index in [1.54, 1.807) is 64.1 Å². The van der Waals surface area contributed by atoms with Gasteiger partial charge in [-0.15, -0.1) is 0 Å². The maximum atomic E-state index is 13.6. The molecular formula is C26H35N3O5. The Balaban J connectivity index is 1.75. The van der Waals surface area contributed by atoms with Crippen molar-refractivity contribution in [3.8, 4) is 11.5 Å². The van der Waals surface area contributed by atoms with Gasteiger partial charge in [-0.05, 0) is 50.6 Å². The summed E-state index contributed by atoms with van der Waals surface area (Å²) in [4.78, 5) is 31.8. The number of hydrogen-bond donors (Lipinski definition) is 1. The van der Waals surface area contributed by atoms with Crippen LogP contribution < -0.4 is 9.64 Å². The van der Waals surface area contributed by atoms with Crippen LogP contribution in [0.25, 0.3) is 0 Å². The number of phenolic OH excluding ortho intramolecular Hbond substituents is 1. The molecule has 8 nitrogen and oxygen atoms in total. The Hall–Kier alpha value is -3.42. The second-order valence-electron chi connectivity index (χ2n) is 9.46. The molecule has 3 rings (SSSR count). The van der Waals surface area contributed by atoms with Gasteiger partial charge in [0, 0.05) is 39.6 Å². The van der Waals surface area contributed by atoms with Crippen molar-refractivity contribution in [3.05, 3.63) is 54.1 Å². The second kappa shape index (κ2) is 10.7. The number of methoxy groups -OCH3 is 1. The number of piperazine rings is 1. The van der Waals surface area contributed by atoms with Crippen molar-refractivity contribution in [3.63, 3.8) is 0 Å². The molecule has 34 heavy (non-hydrogen) atoms. The van der Waals surface area contributed by atoms with E-state index in [1.807, 2.05) is 24.3 Å². The lowest BCUT2D eigenvalue weighted by molar-refractivity contribution is -0.136. The average Bonchev–Trinajstić information content (AvgIpc) is 2.82. The SMILES string of the molecule is COc1ccccc1N1CCN(C(=O)[C@H](Cc2ccc(O)cc2)N(C)C(=O)OC(C)(C)C)CC1. The first-order chi connectivity index (χ1) is 16.1. The van der Waals surface area contributed by atoms with Crippen molar-refractivity contribution in [2.45, 2.75) is 38.8 Å². The maximum Gasteiger partial charge on any atom is 0.410 e.